The molecule has 134 valence electrons. The monoisotopic (exact) mass is 349 g/mol. The highest BCUT2D eigenvalue weighted by molar-refractivity contribution is 5.62. The molecule has 0 N–H and O–H groups in total. The van der Waals surface area contributed by atoms with Crippen LogP contribution in [0.15, 0.2) is 59.6 Å². The molecule has 1 aliphatic heterocycles. The van der Waals surface area contributed by atoms with Gasteiger partial charge in [0.05, 0.1) is 22.8 Å². The van der Waals surface area contributed by atoms with E-state index in [1.54, 1.807) is 12.1 Å². The lowest BCUT2D eigenvalue weighted by Gasteiger charge is -2.45. The molecule has 4 rings (SSSR count). The van der Waals surface area contributed by atoms with Crippen molar-refractivity contribution in [3.8, 4) is 0 Å². The standard InChI is InChI=1S/C21H23N3O2/c25-24(26)19-11-9-18(10-12-19)20-21(13-5-2-6-14-21)23(16-22-20)15-17-7-3-1-4-8-17/h1,3-4,7-12,16,20H,2,5-6,13-15H2. The minimum absolute atomic E-state index is 0.00970. The second kappa shape index (κ2) is 6.90. The Labute approximate surface area is 153 Å². The van der Waals surface area contributed by atoms with E-state index in [1.807, 2.05) is 24.5 Å². The molecule has 0 saturated heterocycles. The van der Waals surface area contributed by atoms with Crippen LogP contribution in [-0.4, -0.2) is 21.7 Å². The van der Waals surface area contributed by atoms with E-state index in [2.05, 4.69) is 29.2 Å². The van der Waals surface area contributed by atoms with E-state index >= 15 is 0 Å². The third-order valence-electron chi connectivity index (χ3n) is 5.77. The Kier molecular flexibility index (Phi) is 4.45. The van der Waals surface area contributed by atoms with Crippen molar-refractivity contribution in [2.24, 2.45) is 4.99 Å². The van der Waals surface area contributed by atoms with E-state index in [4.69, 9.17) is 4.99 Å². The number of rotatable bonds is 4. The highest BCUT2D eigenvalue weighted by atomic mass is 16.6. The Balaban J connectivity index is 1.64. The summed E-state index contributed by atoms with van der Waals surface area (Å²) in [6.45, 7) is 0.855. The number of nitro groups is 1. The van der Waals surface area contributed by atoms with E-state index in [0.29, 0.717) is 0 Å². The zero-order chi connectivity index (χ0) is 18.0. The lowest BCUT2D eigenvalue weighted by molar-refractivity contribution is -0.384. The molecular weight excluding hydrogens is 326 g/mol. The molecule has 1 unspecified atom stereocenters. The molecule has 0 amide bonds. The number of nitro benzene ring substituents is 1. The molecule has 5 heteroatoms. The molecule has 0 radical (unpaired) electrons. The highest BCUT2D eigenvalue weighted by Gasteiger charge is 2.47. The van der Waals surface area contributed by atoms with Gasteiger partial charge in [0, 0.05) is 18.7 Å². The summed E-state index contributed by atoms with van der Waals surface area (Å²) < 4.78 is 0. The number of aliphatic imine (C=N–C) groups is 1. The van der Waals surface area contributed by atoms with E-state index in [1.165, 1.54) is 24.8 Å². The maximum Gasteiger partial charge on any atom is 0.269 e. The summed E-state index contributed by atoms with van der Waals surface area (Å²) >= 11 is 0. The van der Waals surface area contributed by atoms with Gasteiger partial charge in [-0.15, -0.1) is 0 Å². The molecule has 26 heavy (non-hydrogen) atoms. The van der Waals surface area contributed by atoms with Gasteiger partial charge in [0.25, 0.3) is 5.69 Å². The van der Waals surface area contributed by atoms with Gasteiger partial charge in [-0.25, -0.2) is 0 Å². The number of benzene rings is 2. The molecule has 0 aromatic heterocycles. The molecule has 1 fully saturated rings. The van der Waals surface area contributed by atoms with E-state index in [9.17, 15) is 10.1 Å². The first kappa shape index (κ1) is 16.8. The number of nitrogens with zero attached hydrogens (tertiary/aromatic N) is 3. The van der Waals surface area contributed by atoms with Gasteiger partial charge >= 0.3 is 0 Å². The number of hydrogen-bond acceptors (Lipinski definition) is 4. The average molecular weight is 349 g/mol. The van der Waals surface area contributed by atoms with Gasteiger partial charge in [0.1, 0.15) is 0 Å². The summed E-state index contributed by atoms with van der Waals surface area (Å²) in [5, 5.41) is 11.0. The van der Waals surface area contributed by atoms with Crippen LogP contribution in [0.2, 0.25) is 0 Å². The SMILES string of the molecule is O=[N+]([O-])c1ccc(C2N=CN(Cc3ccccc3)C23CCCCC3)cc1. The molecule has 1 heterocycles. The van der Waals surface area contributed by atoms with Gasteiger partial charge in [-0.3, -0.25) is 15.1 Å². The molecular formula is C21H23N3O2. The summed E-state index contributed by atoms with van der Waals surface area (Å²) in [5.74, 6) is 0. The fraction of sp³-hybridized carbons (Fsp3) is 0.381. The molecule has 1 aliphatic carbocycles. The first-order valence-corrected chi connectivity index (χ1v) is 9.27. The van der Waals surface area contributed by atoms with Gasteiger partial charge in [0.2, 0.25) is 0 Å². The number of hydrogen-bond donors (Lipinski definition) is 0. The van der Waals surface area contributed by atoms with Gasteiger partial charge in [-0.05, 0) is 36.1 Å². The van der Waals surface area contributed by atoms with Crippen LogP contribution in [0.3, 0.4) is 0 Å². The summed E-state index contributed by atoms with van der Waals surface area (Å²) in [6, 6.07) is 17.5. The van der Waals surface area contributed by atoms with Crippen molar-refractivity contribution in [3.63, 3.8) is 0 Å². The Bertz CT molecular complexity index is 796. The van der Waals surface area contributed by atoms with Crippen molar-refractivity contribution in [1.82, 2.24) is 4.90 Å². The van der Waals surface area contributed by atoms with Crippen LogP contribution in [0.25, 0.3) is 0 Å². The molecule has 2 aliphatic rings. The molecule has 0 bridgehead atoms. The largest absolute Gasteiger partial charge is 0.350 e. The van der Waals surface area contributed by atoms with Crippen LogP contribution in [0.1, 0.15) is 49.3 Å². The van der Waals surface area contributed by atoms with Crippen LogP contribution in [0, 0.1) is 10.1 Å². The summed E-state index contributed by atoms with van der Waals surface area (Å²) in [5.41, 5.74) is 2.48. The van der Waals surface area contributed by atoms with Gasteiger partial charge < -0.3 is 4.90 Å². The van der Waals surface area contributed by atoms with Gasteiger partial charge in [0.15, 0.2) is 0 Å². The molecule has 1 spiro atoms. The van der Waals surface area contributed by atoms with Crippen LogP contribution in [0.4, 0.5) is 5.69 Å². The molecule has 2 aromatic carbocycles. The predicted molar refractivity (Wildman–Crippen MR) is 102 cm³/mol. The van der Waals surface area contributed by atoms with Crippen LogP contribution in [-0.2, 0) is 6.54 Å². The Morgan fingerprint density at radius 1 is 1.04 bits per heavy atom. The van der Waals surface area contributed by atoms with Gasteiger partial charge in [-0.2, -0.15) is 0 Å². The molecule has 5 nitrogen and oxygen atoms in total. The smallest absolute Gasteiger partial charge is 0.269 e. The molecule has 1 saturated carbocycles. The van der Waals surface area contributed by atoms with Crippen LogP contribution in [0.5, 0.6) is 0 Å². The van der Waals surface area contributed by atoms with Crippen molar-refractivity contribution in [2.45, 2.75) is 50.2 Å². The second-order valence-corrected chi connectivity index (χ2v) is 7.29. The topological polar surface area (TPSA) is 58.7 Å². The normalized spacial score (nSPS) is 21.2. The fourth-order valence-corrected chi connectivity index (χ4v) is 4.44. The van der Waals surface area contributed by atoms with Crippen LogP contribution >= 0.6 is 0 Å². The minimum Gasteiger partial charge on any atom is -0.350 e. The Hall–Kier alpha value is -2.69. The lowest BCUT2D eigenvalue weighted by Crippen LogP contribution is -2.49. The predicted octanol–water partition coefficient (Wildman–Crippen LogP) is 4.88. The van der Waals surface area contributed by atoms with Crippen molar-refractivity contribution >= 4 is 12.0 Å². The maximum atomic E-state index is 11.0. The molecule has 1 atom stereocenters. The number of non-ortho nitro benzene ring substituents is 1. The summed E-state index contributed by atoms with van der Waals surface area (Å²) in [4.78, 5) is 17.9. The summed E-state index contributed by atoms with van der Waals surface area (Å²) in [7, 11) is 0. The second-order valence-electron chi connectivity index (χ2n) is 7.29. The van der Waals surface area contributed by atoms with Gasteiger partial charge in [-0.1, -0.05) is 49.6 Å². The van der Waals surface area contributed by atoms with Crippen LogP contribution < -0.4 is 0 Å². The minimum atomic E-state index is -0.347. The van der Waals surface area contributed by atoms with Crippen molar-refractivity contribution in [1.29, 1.82) is 0 Å². The van der Waals surface area contributed by atoms with Crippen molar-refractivity contribution in [3.05, 3.63) is 75.8 Å². The Morgan fingerprint density at radius 3 is 2.38 bits per heavy atom. The third kappa shape index (κ3) is 2.98. The Morgan fingerprint density at radius 2 is 1.73 bits per heavy atom. The first-order valence-electron chi connectivity index (χ1n) is 9.27. The average Bonchev–Trinajstić information content (AvgIpc) is 3.00. The van der Waals surface area contributed by atoms with E-state index in [0.717, 1.165) is 24.9 Å². The van der Waals surface area contributed by atoms with Crippen molar-refractivity contribution < 1.29 is 4.92 Å². The summed E-state index contributed by atoms with van der Waals surface area (Å²) in [6.07, 6.45) is 7.91. The highest BCUT2D eigenvalue weighted by Crippen LogP contribution is 2.48. The zero-order valence-electron chi connectivity index (χ0n) is 14.8. The first-order chi connectivity index (χ1) is 12.7. The maximum absolute atomic E-state index is 11.0. The zero-order valence-corrected chi connectivity index (χ0v) is 14.8. The molecule has 2 aromatic rings. The van der Waals surface area contributed by atoms with E-state index < -0.39 is 0 Å². The lowest BCUT2D eigenvalue weighted by atomic mass is 9.73. The van der Waals surface area contributed by atoms with Crippen molar-refractivity contribution in [2.75, 3.05) is 0 Å². The fourth-order valence-electron chi connectivity index (χ4n) is 4.44. The quantitative estimate of drug-likeness (QED) is 0.584. The third-order valence-corrected chi connectivity index (χ3v) is 5.77. The van der Waals surface area contributed by atoms with E-state index in [-0.39, 0.29) is 22.2 Å².